The number of alkyl halides is 3. The van der Waals surface area contributed by atoms with E-state index in [1.165, 1.54) is 12.1 Å². The number of amides is 1. The fourth-order valence-corrected chi connectivity index (χ4v) is 2.23. The van der Waals surface area contributed by atoms with E-state index in [-0.39, 0.29) is 18.5 Å². The third kappa shape index (κ3) is 4.18. The highest BCUT2D eigenvalue weighted by atomic mass is 19.4. The second-order valence-corrected chi connectivity index (χ2v) is 5.03. The summed E-state index contributed by atoms with van der Waals surface area (Å²) in [6.07, 6.45) is -3.80. The first-order valence-electron chi connectivity index (χ1n) is 6.74. The number of hydrogen-bond donors (Lipinski definition) is 3. The van der Waals surface area contributed by atoms with Gasteiger partial charge in [-0.15, -0.1) is 0 Å². The van der Waals surface area contributed by atoms with E-state index in [0.717, 1.165) is 18.6 Å². The molecular formula is C14H17F3N2O2. The highest BCUT2D eigenvalue weighted by Gasteiger charge is 2.30. The van der Waals surface area contributed by atoms with Gasteiger partial charge in [0, 0.05) is 13.1 Å². The zero-order valence-corrected chi connectivity index (χ0v) is 11.3. The number of carbonyl (C=O) groups excluding carboxylic acids is 1. The largest absolute Gasteiger partial charge is 0.416 e. The number of nitrogens with one attached hydrogen (secondary N) is 2. The Morgan fingerprint density at radius 2 is 2.00 bits per heavy atom. The van der Waals surface area contributed by atoms with Gasteiger partial charge < -0.3 is 15.7 Å². The van der Waals surface area contributed by atoms with Crippen LogP contribution in [0.25, 0.3) is 0 Å². The lowest BCUT2D eigenvalue weighted by Crippen LogP contribution is -2.49. The van der Waals surface area contributed by atoms with Gasteiger partial charge >= 0.3 is 6.18 Å². The minimum atomic E-state index is -4.39. The van der Waals surface area contributed by atoms with Crippen molar-refractivity contribution in [1.82, 2.24) is 10.6 Å². The quantitative estimate of drug-likeness (QED) is 0.792. The zero-order chi connectivity index (χ0) is 15.5. The molecule has 1 aliphatic heterocycles. The number of halogens is 3. The lowest BCUT2D eigenvalue weighted by Gasteiger charge is -2.24. The van der Waals surface area contributed by atoms with Gasteiger partial charge in [-0.1, -0.05) is 12.1 Å². The molecule has 1 aliphatic rings. The molecule has 7 heteroatoms. The zero-order valence-electron chi connectivity index (χ0n) is 11.3. The van der Waals surface area contributed by atoms with Crippen LogP contribution in [0, 0.1) is 0 Å². The van der Waals surface area contributed by atoms with Gasteiger partial charge in [0.2, 0.25) is 5.91 Å². The lowest BCUT2D eigenvalue weighted by molar-refractivity contribution is -0.137. The van der Waals surface area contributed by atoms with Gasteiger partial charge in [0.1, 0.15) is 0 Å². The average molecular weight is 302 g/mol. The molecule has 0 spiro atoms. The maximum absolute atomic E-state index is 12.4. The van der Waals surface area contributed by atoms with Gasteiger partial charge in [-0.25, -0.2) is 0 Å². The van der Waals surface area contributed by atoms with Crippen LogP contribution in [-0.2, 0) is 11.0 Å². The predicted molar refractivity (Wildman–Crippen MR) is 70.4 cm³/mol. The van der Waals surface area contributed by atoms with Crippen molar-refractivity contribution in [2.45, 2.75) is 31.2 Å². The van der Waals surface area contributed by atoms with Gasteiger partial charge in [-0.05, 0) is 30.5 Å². The predicted octanol–water partition coefficient (Wildman–Crippen LogP) is 1.61. The monoisotopic (exact) mass is 302 g/mol. The Labute approximate surface area is 120 Å². The van der Waals surface area contributed by atoms with Crippen LogP contribution in [-0.4, -0.2) is 30.1 Å². The summed E-state index contributed by atoms with van der Waals surface area (Å²) >= 11 is 0. The van der Waals surface area contributed by atoms with Crippen molar-refractivity contribution in [3.8, 4) is 0 Å². The number of rotatable bonds is 4. The molecule has 4 nitrogen and oxygen atoms in total. The number of hydrogen-bond acceptors (Lipinski definition) is 3. The highest BCUT2D eigenvalue weighted by molar-refractivity contribution is 5.82. The molecule has 0 aliphatic carbocycles. The summed E-state index contributed by atoms with van der Waals surface area (Å²) < 4.78 is 37.3. The van der Waals surface area contributed by atoms with Crippen LogP contribution in [0.4, 0.5) is 13.2 Å². The van der Waals surface area contributed by atoms with Crippen LogP contribution in [0.3, 0.4) is 0 Å². The average Bonchev–Trinajstić information content (AvgIpc) is 2.45. The minimum absolute atomic E-state index is 0.110. The SMILES string of the molecule is O=C1NCCCC1NCC(O)c1ccc(C(F)(F)F)cc1. The molecule has 2 atom stereocenters. The third-order valence-corrected chi connectivity index (χ3v) is 3.47. The molecule has 21 heavy (non-hydrogen) atoms. The normalized spacial score (nSPS) is 21.0. The van der Waals surface area contributed by atoms with Gasteiger partial charge in [0.05, 0.1) is 17.7 Å². The second-order valence-electron chi connectivity index (χ2n) is 5.03. The van der Waals surface area contributed by atoms with Gasteiger partial charge in [0.25, 0.3) is 0 Å². The summed E-state index contributed by atoms with van der Waals surface area (Å²) in [6.45, 7) is 0.766. The van der Waals surface area contributed by atoms with Crippen molar-refractivity contribution in [2.75, 3.05) is 13.1 Å². The molecule has 1 saturated heterocycles. The Bertz CT molecular complexity index is 488. The summed E-state index contributed by atoms with van der Waals surface area (Å²) in [5.41, 5.74) is -0.371. The number of aliphatic hydroxyl groups is 1. The Balaban J connectivity index is 1.91. The van der Waals surface area contributed by atoms with E-state index in [9.17, 15) is 23.1 Å². The molecule has 0 radical (unpaired) electrons. The van der Waals surface area contributed by atoms with Gasteiger partial charge in [0.15, 0.2) is 0 Å². The van der Waals surface area contributed by atoms with E-state index in [2.05, 4.69) is 10.6 Å². The molecule has 2 unspecified atom stereocenters. The van der Waals surface area contributed by atoms with E-state index >= 15 is 0 Å². The summed E-state index contributed by atoms with van der Waals surface area (Å²) in [4.78, 5) is 11.5. The van der Waals surface area contributed by atoms with Crippen molar-refractivity contribution < 1.29 is 23.1 Å². The Morgan fingerprint density at radius 3 is 2.57 bits per heavy atom. The van der Waals surface area contributed by atoms with Gasteiger partial charge in [-0.3, -0.25) is 4.79 Å². The molecule has 1 aromatic rings. The van der Waals surface area contributed by atoms with E-state index in [0.29, 0.717) is 18.5 Å². The smallest absolute Gasteiger partial charge is 0.387 e. The maximum Gasteiger partial charge on any atom is 0.416 e. The molecule has 3 N–H and O–H groups in total. The lowest BCUT2D eigenvalue weighted by atomic mass is 10.0. The van der Waals surface area contributed by atoms with E-state index < -0.39 is 17.8 Å². The van der Waals surface area contributed by atoms with Crippen molar-refractivity contribution >= 4 is 5.91 Å². The minimum Gasteiger partial charge on any atom is -0.387 e. The molecule has 0 saturated carbocycles. The third-order valence-electron chi connectivity index (χ3n) is 3.47. The van der Waals surface area contributed by atoms with Crippen molar-refractivity contribution in [3.05, 3.63) is 35.4 Å². The molecular weight excluding hydrogens is 285 g/mol. The second kappa shape index (κ2) is 6.44. The molecule has 1 fully saturated rings. The van der Waals surface area contributed by atoms with E-state index in [1.54, 1.807) is 0 Å². The highest BCUT2D eigenvalue weighted by Crippen LogP contribution is 2.29. The molecule has 116 valence electrons. The fourth-order valence-electron chi connectivity index (χ4n) is 2.23. The maximum atomic E-state index is 12.4. The van der Waals surface area contributed by atoms with Crippen molar-refractivity contribution in [2.24, 2.45) is 0 Å². The first kappa shape index (κ1) is 15.8. The number of aliphatic hydroxyl groups excluding tert-OH is 1. The fraction of sp³-hybridized carbons (Fsp3) is 0.500. The summed E-state index contributed by atoms with van der Waals surface area (Å²) in [5.74, 6) is -0.110. The van der Waals surface area contributed by atoms with Crippen LogP contribution < -0.4 is 10.6 Å². The van der Waals surface area contributed by atoms with Crippen LogP contribution in [0.5, 0.6) is 0 Å². The van der Waals surface area contributed by atoms with E-state index in [4.69, 9.17) is 0 Å². The first-order chi connectivity index (χ1) is 9.88. The number of carbonyl (C=O) groups is 1. The number of benzene rings is 1. The van der Waals surface area contributed by atoms with E-state index in [1.807, 2.05) is 0 Å². The van der Waals surface area contributed by atoms with Crippen LogP contribution in [0.2, 0.25) is 0 Å². The first-order valence-corrected chi connectivity index (χ1v) is 6.74. The topological polar surface area (TPSA) is 61.4 Å². The molecule has 0 aromatic heterocycles. The van der Waals surface area contributed by atoms with Gasteiger partial charge in [-0.2, -0.15) is 13.2 Å². The molecule has 0 bridgehead atoms. The Hall–Kier alpha value is -1.60. The number of piperidine rings is 1. The Kier molecular flexibility index (Phi) is 4.84. The summed E-state index contributed by atoms with van der Waals surface area (Å²) in [7, 11) is 0. The van der Waals surface area contributed by atoms with Crippen LogP contribution in [0.15, 0.2) is 24.3 Å². The molecule has 2 rings (SSSR count). The van der Waals surface area contributed by atoms with Crippen LogP contribution >= 0.6 is 0 Å². The summed E-state index contributed by atoms with van der Waals surface area (Å²) in [5, 5.41) is 15.6. The van der Waals surface area contributed by atoms with Crippen molar-refractivity contribution in [3.63, 3.8) is 0 Å². The standard InChI is InChI=1S/C14H17F3N2O2/c15-14(16,17)10-5-3-9(4-6-10)12(20)8-19-11-2-1-7-18-13(11)21/h3-6,11-12,19-20H,1-2,7-8H2,(H,18,21). The summed E-state index contributed by atoms with van der Waals surface area (Å²) in [6, 6.07) is 4.01. The Morgan fingerprint density at radius 1 is 1.33 bits per heavy atom. The van der Waals surface area contributed by atoms with Crippen LogP contribution in [0.1, 0.15) is 30.1 Å². The molecule has 1 aromatic carbocycles. The molecule has 1 heterocycles. The van der Waals surface area contributed by atoms with Crippen molar-refractivity contribution in [1.29, 1.82) is 0 Å². The molecule has 1 amide bonds.